The molecule has 1 heterocycles. The lowest BCUT2D eigenvalue weighted by Gasteiger charge is -2.10. The number of rotatable bonds is 5. The number of nitro groups is 1. The standard InChI is InChI=1S/C12H11BrN2O4S2/c1-21(18,19)12-6-8(15(16)17)2-3-10(12)14-7-11-9(13)4-5-20-11/h2-6,14H,7H2,1H3. The zero-order valence-corrected chi connectivity index (χ0v) is 14.1. The summed E-state index contributed by atoms with van der Waals surface area (Å²) < 4.78 is 24.5. The number of anilines is 1. The van der Waals surface area contributed by atoms with E-state index in [4.69, 9.17) is 0 Å². The minimum Gasteiger partial charge on any atom is -0.379 e. The average molecular weight is 391 g/mol. The molecule has 2 rings (SSSR count). The summed E-state index contributed by atoms with van der Waals surface area (Å²) in [4.78, 5) is 11.1. The third-order valence-electron chi connectivity index (χ3n) is 2.71. The quantitative estimate of drug-likeness (QED) is 0.623. The van der Waals surface area contributed by atoms with Gasteiger partial charge in [0.05, 0.1) is 22.1 Å². The van der Waals surface area contributed by atoms with Crippen LogP contribution >= 0.6 is 27.3 Å². The summed E-state index contributed by atoms with van der Waals surface area (Å²) in [7, 11) is -3.57. The number of sulfone groups is 1. The van der Waals surface area contributed by atoms with Gasteiger partial charge >= 0.3 is 0 Å². The molecule has 1 aromatic carbocycles. The molecule has 0 aliphatic heterocycles. The molecule has 0 aliphatic rings. The summed E-state index contributed by atoms with van der Waals surface area (Å²) in [6.07, 6.45) is 1.03. The Bertz CT molecular complexity index is 786. The van der Waals surface area contributed by atoms with Crippen LogP contribution in [0.4, 0.5) is 11.4 Å². The molecule has 0 unspecified atom stereocenters. The Morgan fingerprint density at radius 2 is 2.10 bits per heavy atom. The van der Waals surface area contributed by atoms with Gasteiger partial charge in [-0.3, -0.25) is 10.1 Å². The molecule has 6 nitrogen and oxygen atoms in total. The molecule has 0 atom stereocenters. The number of halogens is 1. The minimum atomic E-state index is -3.57. The Morgan fingerprint density at radius 1 is 1.38 bits per heavy atom. The van der Waals surface area contributed by atoms with Crippen molar-refractivity contribution in [3.63, 3.8) is 0 Å². The number of benzene rings is 1. The van der Waals surface area contributed by atoms with Gasteiger partial charge in [0.25, 0.3) is 5.69 Å². The van der Waals surface area contributed by atoms with Gasteiger partial charge in [0.2, 0.25) is 0 Å². The van der Waals surface area contributed by atoms with Crippen molar-refractivity contribution >= 4 is 48.5 Å². The van der Waals surface area contributed by atoms with Crippen molar-refractivity contribution in [3.05, 3.63) is 49.1 Å². The lowest BCUT2D eigenvalue weighted by Crippen LogP contribution is -2.06. The number of nitrogens with zero attached hydrogens (tertiary/aromatic N) is 1. The highest BCUT2D eigenvalue weighted by Crippen LogP contribution is 2.28. The molecule has 0 saturated heterocycles. The van der Waals surface area contributed by atoms with E-state index < -0.39 is 14.8 Å². The van der Waals surface area contributed by atoms with Crippen LogP contribution in [0.15, 0.2) is 39.0 Å². The van der Waals surface area contributed by atoms with Crippen LogP contribution < -0.4 is 5.32 Å². The van der Waals surface area contributed by atoms with Crippen molar-refractivity contribution in [3.8, 4) is 0 Å². The van der Waals surface area contributed by atoms with Gasteiger partial charge in [-0.05, 0) is 33.4 Å². The van der Waals surface area contributed by atoms with Crippen LogP contribution in [0.5, 0.6) is 0 Å². The summed E-state index contributed by atoms with van der Waals surface area (Å²) in [6.45, 7) is 0.429. The zero-order chi connectivity index (χ0) is 15.6. The topological polar surface area (TPSA) is 89.3 Å². The Labute approximate surface area is 134 Å². The van der Waals surface area contributed by atoms with Crippen molar-refractivity contribution in [1.82, 2.24) is 0 Å². The molecular weight excluding hydrogens is 380 g/mol. The molecule has 0 spiro atoms. The molecule has 21 heavy (non-hydrogen) atoms. The Morgan fingerprint density at radius 3 is 2.62 bits per heavy atom. The maximum absolute atomic E-state index is 11.8. The van der Waals surface area contributed by atoms with E-state index >= 15 is 0 Å². The molecule has 0 amide bonds. The van der Waals surface area contributed by atoms with Crippen LogP contribution in [0.1, 0.15) is 4.88 Å². The van der Waals surface area contributed by atoms with Crippen molar-refractivity contribution in [1.29, 1.82) is 0 Å². The zero-order valence-electron chi connectivity index (χ0n) is 10.9. The number of thiophene rings is 1. The van der Waals surface area contributed by atoms with E-state index in [0.29, 0.717) is 12.2 Å². The van der Waals surface area contributed by atoms with E-state index in [1.807, 2.05) is 11.4 Å². The second-order valence-electron chi connectivity index (χ2n) is 4.26. The monoisotopic (exact) mass is 390 g/mol. The average Bonchev–Trinajstić information content (AvgIpc) is 2.80. The largest absolute Gasteiger partial charge is 0.379 e. The molecule has 1 N–H and O–H groups in total. The molecule has 0 bridgehead atoms. The number of non-ortho nitro benzene ring substituents is 1. The summed E-state index contributed by atoms with van der Waals surface area (Å²) in [5.41, 5.74) is 0.0988. The molecule has 9 heteroatoms. The van der Waals surface area contributed by atoms with Gasteiger partial charge in [0, 0.05) is 27.7 Å². The highest BCUT2D eigenvalue weighted by molar-refractivity contribution is 9.10. The predicted molar refractivity (Wildman–Crippen MR) is 85.6 cm³/mol. The molecule has 0 radical (unpaired) electrons. The highest BCUT2D eigenvalue weighted by Gasteiger charge is 2.18. The van der Waals surface area contributed by atoms with Crippen LogP contribution in [-0.2, 0) is 16.4 Å². The van der Waals surface area contributed by atoms with E-state index in [2.05, 4.69) is 21.2 Å². The van der Waals surface area contributed by atoms with Gasteiger partial charge in [-0.25, -0.2) is 8.42 Å². The fourth-order valence-corrected chi connectivity index (χ4v) is 4.01. The smallest absolute Gasteiger partial charge is 0.270 e. The van der Waals surface area contributed by atoms with Gasteiger partial charge in [-0.2, -0.15) is 0 Å². The Kier molecular flexibility index (Phi) is 4.64. The Hall–Kier alpha value is -1.45. The number of hydrogen-bond acceptors (Lipinski definition) is 6. The number of hydrogen-bond donors (Lipinski definition) is 1. The number of nitro benzene ring substituents is 1. The first-order chi connectivity index (χ1) is 9.79. The van der Waals surface area contributed by atoms with E-state index in [1.165, 1.54) is 23.5 Å². The number of nitrogens with one attached hydrogen (secondary N) is 1. The summed E-state index contributed by atoms with van der Waals surface area (Å²) >= 11 is 4.91. The summed E-state index contributed by atoms with van der Waals surface area (Å²) in [5.74, 6) is 0. The fourth-order valence-electron chi connectivity index (χ4n) is 1.70. The van der Waals surface area contributed by atoms with E-state index in [0.717, 1.165) is 21.7 Å². The molecular formula is C12H11BrN2O4S2. The van der Waals surface area contributed by atoms with Crippen LogP contribution in [0.2, 0.25) is 0 Å². The lowest BCUT2D eigenvalue weighted by atomic mass is 10.3. The van der Waals surface area contributed by atoms with Crippen LogP contribution in [-0.4, -0.2) is 19.6 Å². The van der Waals surface area contributed by atoms with Crippen molar-refractivity contribution < 1.29 is 13.3 Å². The first kappa shape index (κ1) is 15.9. The molecule has 1 aromatic heterocycles. The van der Waals surface area contributed by atoms with Gasteiger partial charge in [-0.1, -0.05) is 0 Å². The first-order valence-electron chi connectivity index (χ1n) is 5.73. The third kappa shape index (κ3) is 3.80. The van der Waals surface area contributed by atoms with Gasteiger partial charge in [0.15, 0.2) is 9.84 Å². The van der Waals surface area contributed by atoms with E-state index in [-0.39, 0.29) is 10.6 Å². The molecule has 0 aliphatic carbocycles. The fraction of sp³-hybridized carbons (Fsp3) is 0.167. The SMILES string of the molecule is CS(=O)(=O)c1cc([N+](=O)[O-])ccc1NCc1sccc1Br. The molecule has 112 valence electrons. The van der Waals surface area contributed by atoms with Gasteiger partial charge in [0.1, 0.15) is 0 Å². The van der Waals surface area contributed by atoms with Crippen molar-refractivity contribution in [2.45, 2.75) is 11.4 Å². The Balaban J connectivity index is 2.35. The predicted octanol–water partition coefficient (Wildman–Crippen LogP) is 3.43. The molecule has 2 aromatic rings. The van der Waals surface area contributed by atoms with E-state index in [1.54, 1.807) is 0 Å². The molecule has 0 fully saturated rings. The first-order valence-corrected chi connectivity index (χ1v) is 9.29. The maximum Gasteiger partial charge on any atom is 0.270 e. The second kappa shape index (κ2) is 6.12. The van der Waals surface area contributed by atoms with Crippen molar-refractivity contribution in [2.75, 3.05) is 11.6 Å². The minimum absolute atomic E-state index is 0.0793. The maximum atomic E-state index is 11.8. The lowest BCUT2D eigenvalue weighted by molar-refractivity contribution is -0.385. The van der Waals surface area contributed by atoms with Crippen LogP contribution in [0.3, 0.4) is 0 Å². The summed E-state index contributed by atoms with van der Waals surface area (Å²) in [6, 6.07) is 5.66. The summed E-state index contributed by atoms with van der Waals surface area (Å²) in [5, 5.41) is 15.7. The van der Waals surface area contributed by atoms with Gasteiger partial charge < -0.3 is 5.32 Å². The highest BCUT2D eigenvalue weighted by atomic mass is 79.9. The van der Waals surface area contributed by atoms with Crippen LogP contribution in [0.25, 0.3) is 0 Å². The van der Waals surface area contributed by atoms with Crippen LogP contribution in [0, 0.1) is 10.1 Å². The van der Waals surface area contributed by atoms with E-state index in [9.17, 15) is 18.5 Å². The van der Waals surface area contributed by atoms with Crippen molar-refractivity contribution in [2.24, 2.45) is 0 Å². The normalized spacial score (nSPS) is 11.3. The third-order valence-corrected chi connectivity index (χ3v) is 5.77. The molecule has 0 saturated carbocycles. The second-order valence-corrected chi connectivity index (χ2v) is 8.09. The van der Waals surface area contributed by atoms with Gasteiger partial charge in [-0.15, -0.1) is 11.3 Å².